The SMILES string of the molecule is S=C=S=S. The highest BCUT2D eigenvalue weighted by molar-refractivity contribution is 8.19. The van der Waals surface area contributed by atoms with Crippen molar-refractivity contribution < 1.29 is 0 Å². The van der Waals surface area contributed by atoms with Crippen molar-refractivity contribution in [2.75, 3.05) is 0 Å². The Morgan fingerprint density at radius 3 is 2.00 bits per heavy atom. The minimum atomic E-state index is 1.00. The number of hydrogen-bond acceptors (Lipinski definition) is 2. The van der Waals surface area contributed by atoms with Crippen molar-refractivity contribution in [3.63, 3.8) is 0 Å². The second-order valence-electron chi connectivity index (χ2n) is 0.167. The molecule has 0 amide bonds. The Hall–Kier alpha value is 0.440. The molecule has 0 heterocycles. The standard InChI is InChI=1S/CS3/c2-1-4-3. The second-order valence-corrected chi connectivity index (χ2v) is 1.50. The minimum Gasteiger partial charge on any atom is -0.0148 e. The van der Waals surface area contributed by atoms with Gasteiger partial charge in [0.2, 0.25) is 0 Å². The Balaban J connectivity index is 3.95. The lowest BCUT2D eigenvalue weighted by Crippen LogP contribution is -1.19. The molecule has 0 spiro atoms. The molecular formula is CS3. The van der Waals surface area contributed by atoms with E-state index in [-0.39, 0.29) is 0 Å². The van der Waals surface area contributed by atoms with Gasteiger partial charge in [-0.1, -0.05) is 0 Å². The van der Waals surface area contributed by atoms with E-state index in [1.165, 1.54) is 0 Å². The van der Waals surface area contributed by atoms with Crippen LogP contribution in [0.15, 0.2) is 0 Å². The highest BCUT2D eigenvalue weighted by Gasteiger charge is 1.15. The summed E-state index contributed by atoms with van der Waals surface area (Å²) in [7, 11) is 1.00. The summed E-state index contributed by atoms with van der Waals surface area (Å²) in [5.74, 6) is 0. The Morgan fingerprint density at radius 2 is 2.00 bits per heavy atom. The summed E-state index contributed by atoms with van der Waals surface area (Å²) in [5.41, 5.74) is 0. The zero-order valence-corrected chi connectivity index (χ0v) is 4.17. The first-order chi connectivity index (χ1) is 1.91. The first kappa shape index (κ1) is 4.44. The third kappa shape index (κ3) is 2.44. The molecule has 0 bridgehead atoms. The van der Waals surface area contributed by atoms with Gasteiger partial charge in [0.25, 0.3) is 0 Å². The average Bonchev–Trinajstić information content (AvgIpc) is 1.37. The molecule has 0 aliphatic heterocycles. The van der Waals surface area contributed by atoms with Crippen molar-refractivity contribution in [3.05, 3.63) is 0 Å². The monoisotopic (exact) mass is 108 g/mol. The van der Waals surface area contributed by atoms with Crippen LogP contribution in [0.4, 0.5) is 0 Å². The van der Waals surface area contributed by atoms with E-state index in [4.69, 9.17) is 0 Å². The number of rotatable bonds is 0. The highest BCUT2D eigenvalue weighted by Crippen LogP contribution is 1.22. The first-order valence-electron chi connectivity index (χ1n) is 0.575. The van der Waals surface area contributed by atoms with Gasteiger partial charge in [0.05, 0.1) is 0 Å². The maximum absolute atomic E-state index is 4.25. The molecule has 3 heteroatoms. The predicted molar refractivity (Wildman–Crippen MR) is 27.3 cm³/mol. The normalized spacial score (nSPS) is 4.00. The lowest BCUT2D eigenvalue weighted by Gasteiger charge is -1.14. The molecule has 0 nitrogen and oxygen atoms in total. The zero-order chi connectivity index (χ0) is 3.41. The molecule has 0 N–H and O–H groups in total. The molecule has 0 saturated heterocycles. The fourth-order valence-electron chi connectivity index (χ4n) is 0. The van der Waals surface area contributed by atoms with E-state index in [1.54, 1.807) is 0 Å². The van der Waals surface area contributed by atoms with Crippen LogP contribution in [-0.2, 0) is 21.1 Å². The van der Waals surface area contributed by atoms with E-state index >= 15 is 0 Å². The van der Waals surface area contributed by atoms with Crippen LogP contribution in [0.25, 0.3) is 0 Å². The van der Waals surface area contributed by atoms with Crippen molar-refractivity contribution >= 4 is 37.6 Å². The van der Waals surface area contributed by atoms with Gasteiger partial charge in [-0.25, -0.2) is 0 Å². The smallest absolute Gasteiger partial charge is 0.0148 e. The van der Waals surface area contributed by atoms with Gasteiger partial charge in [0, 0.05) is 4.31 Å². The second kappa shape index (κ2) is 3.44. The van der Waals surface area contributed by atoms with E-state index < -0.39 is 0 Å². The summed E-state index contributed by atoms with van der Waals surface area (Å²) >= 11 is 8.42. The molecule has 0 aromatic rings. The van der Waals surface area contributed by atoms with Crippen LogP contribution in [0.2, 0.25) is 0 Å². The van der Waals surface area contributed by atoms with Crippen molar-refractivity contribution in [3.8, 4) is 0 Å². The molecule has 0 aliphatic rings. The molecule has 0 fully saturated rings. The molecule has 0 rings (SSSR count). The van der Waals surface area contributed by atoms with Crippen molar-refractivity contribution in [2.24, 2.45) is 0 Å². The van der Waals surface area contributed by atoms with Crippen LogP contribution in [0.5, 0.6) is 0 Å². The van der Waals surface area contributed by atoms with Gasteiger partial charge in [0.1, 0.15) is 0 Å². The number of hydrogen-bond donors (Lipinski definition) is 0. The van der Waals surface area contributed by atoms with Gasteiger partial charge in [-0.2, -0.15) is 0 Å². The van der Waals surface area contributed by atoms with Gasteiger partial charge in [-0.3, -0.25) is 0 Å². The summed E-state index contributed by atoms with van der Waals surface area (Å²) in [6, 6.07) is 0. The fraction of sp³-hybridized carbons (Fsp3) is 0. The maximum atomic E-state index is 4.25. The summed E-state index contributed by atoms with van der Waals surface area (Å²) in [5, 5.41) is 0. The summed E-state index contributed by atoms with van der Waals surface area (Å²) in [6.45, 7) is 0. The molecule has 0 aliphatic carbocycles. The molecule has 0 radical (unpaired) electrons. The molecule has 0 aromatic heterocycles. The van der Waals surface area contributed by atoms with Crippen LogP contribution in [0, 0.1) is 0 Å². The molecule has 0 atom stereocenters. The molecular weight excluding hydrogens is 108 g/mol. The molecule has 0 unspecified atom stereocenters. The fourth-order valence-corrected chi connectivity index (χ4v) is 0. The lowest BCUT2D eigenvalue weighted by atomic mass is 12.0. The van der Waals surface area contributed by atoms with Gasteiger partial charge in [0.15, 0.2) is 0 Å². The van der Waals surface area contributed by atoms with E-state index in [0.29, 0.717) is 0 Å². The maximum Gasteiger partial charge on any atom is 0.0298 e. The minimum absolute atomic E-state index is 1.00. The average molecular weight is 108 g/mol. The summed E-state index contributed by atoms with van der Waals surface area (Å²) in [4.78, 5) is 0. The van der Waals surface area contributed by atoms with Crippen molar-refractivity contribution in [2.45, 2.75) is 0 Å². The highest BCUT2D eigenvalue weighted by atomic mass is 32.8. The lowest BCUT2D eigenvalue weighted by molar-refractivity contribution is 4.64. The van der Waals surface area contributed by atoms with E-state index in [1.807, 2.05) is 0 Å². The quantitative estimate of drug-likeness (QED) is 0.411. The third-order valence-electron chi connectivity index (χ3n) is 0.0340. The zero-order valence-electron chi connectivity index (χ0n) is 1.72. The van der Waals surface area contributed by atoms with Crippen LogP contribution in [0.1, 0.15) is 0 Å². The van der Waals surface area contributed by atoms with Crippen LogP contribution in [-0.4, -0.2) is 4.31 Å². The van der Waals surface area contributed by atoms with Crippen LogP contribution >= 0.6 is 12.2 Å². The van der Waals surface area contributed by atoms with Gasteiger partial charge in [-0.15, -0.1) is 0 Å². The Kier molecular flexibility index (Phi) is 3.82. The molecule has 22 valence electrons. The Labute approximate surface area is 38.0 Å². The Bertz CT molecular complexity index is 53.4. The van der Waals surface area contributed by atoms with E-state index in [9.17, 15) is 0 Å². The topological polar surface area (TPSA) is 0 Å². The van der Waals surface area contributed by atoms with Crippen LogP contribution < -0.4 is 0 Å². The number of thiocarbonyl (C=S) groups is 1. The van der Waals surface area contributed by atoms with Crippen LogP contribution in [0.3, 0.4) is 0 Å². The van der Waals surface area contributed by atoms with E-state index in [2.05, 4.69) is 27.7 Å². The molecule has 0 saturated carbocycles. The summed E-state index contributed by atoms with van der Waals surface area (Å²) in [6.07, 6.45) is 0. The van der Waals surface area contributed by atoms with Crippen molar-refractivity contribution in [1.29, 1.82) is 0 Å². The third-order valence-corrected chi connectivity index (χ3v) is 0.919. The summed E-state index contributed by atoms with van der Waals surface area (Å²) < 4.78 is 2.25. The molecule has 0 aromatic carbocycles. The largest absolute Gasteiger partial charge is 0.0298 e. The first-order valence-corrected chi connectivity index (χ1v) is 2.72. The molecule has 4 heavy (non-hydrogen) atoms. The van der Waals surface area contributed by atoms with E-state index in [0.717, 1.165) is 9.91 Å². The van der Waals surface area contributed by atoms with Crippen molar-refractivity contribution in [1.82, 2.24) is 0 Å². The Morgan fingerprint density at radius 1 is 1.75 bits per heavy atom. The van der Waals surface area contributed by atoms with Gasteiger partial charge >= 0.3 is 0 Å². The predicted octanol–water partition coefficient (Wildman–Crippen LogP) is 0.365. The van der Waals surface area contributed by atoms with Gasteiger partial charge in [-0.05, 0) is 33.3 Å². The van der Waals surface area contributed by atoms with Gasteiger partial charge < -0.3 is 0 Å².